The molecule has 0 bridgehead atoms. The van der Waals surface area contributed by atoms with Gasteiger partial charge in [0.1, 0.15) is 12.4 Å². The third-order valence-electron chi connectivity index (χ3n) is 2.72. The van der Waals surface area contributed by atoms with Gasteiger partial charge in [-0.1, -0.05) is 25.1 Å². The number of hydrogen-bond donors (Lipinski definition) is 4. The van der Waals surface area contributed by atoms with Crippen LogP contribution in [0.2, 0.25) is 0 Å². The Morgan fingerprint density at radius 1 is 1.50 bits per heavy atom. The molecule has 4 N–H and O–H groups in total. The third-order valence-corrected chi connectivity index (χ3v) is 2.72. The van der Waals surface area contributed by atoms with E-state index in [1.54, 1.807) is 31.2 Å². The van der Waals surface area contributed by atoms with Gasteiger partial charge in [-0.25, -0.2) is 5.48 Å². The van der Waals surface area contributed by atoms with Crippen molar-refractivity contribution in [3.05, 3.63) is 42.0 Å². The number of ether oxygens (including phenoxy) is 1. The Morgan fingerprint density at radius 2 is 2.25 bits per heavy atom. The van der Waals surface area contributed by atoms with Crippen molar-refractivity contribution in [2.75, 3.05) is 13.2 Å². The second kappa shape index (κ2) is 8.31. The van der Waals surface area contributed by atoms with Crippen molar-refractivity contribution in [3.63, 3.8) is 0 Å². The zero-order valence-electron chi connectivity index (χ0n) is 11.2. The number of hydroxylamine groups is 1. The molecule has 0 radical (unpaired) electrons. The van der Waals surface area contributed by atoms with Gasteiger partial charge in [0.15, 0.2) is 0 Å². The van der Waals surface area contributed by atoms with Crippen LogP contribution in [-0.2, 0) is 4.79 Å². The molecule has 1 aromatic carbocycles. The molecule has 0 saturated carbocycles. The first-order valence-electron chi connectivity index (χ1n) is 6.22. The minimum Gasteiger partial charge on any atom is -0.491 e. The van der Waals surface area contributed by atoms with E-state index in [0.29, 0.717) is 11.3 Å². The molecule has 0 unspecified atom stereocenters. The molecule has 1 aromatic rings. The van der Waals surface area contributed by atoms with E-state index in [-0.39, 0.29) is 19.1 Å². The van der Waals surface area contributed by atoms with Crippen molar-refractivity contribution in [2.24, 2.45) is 5.92 Å². The van der Waals surface area contributed by atoms with Crippen molar-refractivity contribution in [3.8, 4) is 5.75 Å². The fraction of sp³-hybridized carbons (Fsp3) is 0.357. The van der Waals surface area contributed by atoms with Gasteiger partial charge in [-0.15, -0.1) is 0 Å². The molecular weight excluding hydrogens is 262 g/mol. The van der Waals surface area contributed by atoms with Gasteiger partial charge in [-0.3, -0.25) is 10.0 Å². The zero-order valence-corrected chi connectivity index (χ0v) is 11.2. The molecule has 1 rings (SSSR count). The number of benzene rings is 1. The predicted octanol–water partition coefficient (Wildman–Crippen LogP) is 0.789. The average Bonchev–Trinajstić information content (AvgIpc) is 2.49. The zero-order chi connectivity index (χ0) is 15.0. The van der Waals surface area contributed by atoms with Gasteiger partial charge in [-0.05, 0) is 17.7 Å². The normalized spacial score (nSPS) is 14.0. The summed E-state index contributed by atoms with van der Waals surface area (Å²) in [6.07, 6.45) is 1.84. The second-order valence-electron chi connectivity index (χ2n) is 4.28. The molecule has 0 spiro atoms. The molecule has 6 nitrogen and oxygen atoms in total. The lowest BCUT2D eigenvalue weighted by Gasteiger charge is -2.16. The van der Waals surface area contributed by atoms with E-state index in [0.717, 1.165) is 6.08 Å². The lowest BCUT2D eigenvalue weighted by molar-refractivity contribution is -0.124. The number of rotatable bonds is 7. The Balaban J connectivity index is 2.72. The van der Waals surface area contributed by atoms with Gasteiger partial charge >= 0.3 is 0 Å². The highest BCUT2D eigenvalue weighted by Crippen LogP contribution is 2.25. The third kappa shape index (κ3) is 5.00. The number of aliphatic hydroxyl groups is 2. The topological polar surface area (TPSA) is 99.0 Å². The quantitative estimate of drug-likeness (QED) is 0.336. The summed E-state index contributed by atoms with van der Waals surface area (Å²) in [5.74, 6) is -0.413. The molecule has 20 heavy (non-hydrogen) atoms. The van der Waals surface area contributed by atoms with E-state index >= 15 is 0 Å². The van der Waals surface area contributed by atoms with E-state index in [1.807, 2.05) is 0 Å². The highest BCUT2D eigenvalue weighted by Gasteiger charge is 2.14. The van der Waals surface area contributed by atoms with E-state index < -0.39 is 12.0 Å². The van der Waals surface area contributed by atoms with E-state index in [1.165, 1.54) is 11.6 Å². The summed E-state index contributed by atoms with van der Waals surface area (Å²) in [4.78, 5) is 10.9. The summed E-state index contributed by atoms with van der Waals surface area (Å²) in [7, 11) is 0. The largest absolute Gasteiger partial charge is 0.491 e. The van der Waals surface area contributed by atoms with Crippen LogP contribution in [0.3, 0.4) is 0 Å². The van der Waals surface area contributed by atoms with E-state index in [2.05, 4.69) is 0 Å². The van der Waals surface area contributed by atoms with Crippen molar-refractivity contribution in [1.82, 2.24) is 5.48 Å². The summed E-state index contributed by atoms with van der Waals surface area (Å²) in [5.41, 5.74) is 2.12. The monoisotopic (exact) mass is 281 g/mol. The lowest BCUT2D eigenvalue weighted by Crippen LogP contribution is -2.16. The van der Waals surface area contributed by atoms with Crippen molar-refractivity contribution in [1.29, 1.82) is 0 Å². The number of carbonyl (C=O) groups is 1. The van der Waals surface area contributed by atoms with Crippen LogP contribution in [0.4, 0.5) is 0 Å². The Morgan fingerprint density at radius 3 is 2.90 bits per heavy atom. The molecule has 0 aromatic heterocycles. The fourth-order valence-corrected chi connectivity index (χ4v) is 1.64. The first-order valence-corrected chi connectivity index (χ1v) is 6.22. The summed E-state index contributed by atoms with van der Waals surface area (Å²) >= 11 is 0. The summed E-state index contributed by atoms with van der Waals surface area (Å²) < 4.78 is 5.27. The molecule has 0 aliphatic carbocycles. The molecule has 0 fully saturated rings. The van der Waals surface area contributed by atoms with Gasteiger partial charge < -0.3 is 14.9 Å². The molecule has 0 heterocycles. The maximum atomic E-state index is 10.9. The van der Waals surface area contributed by atoms with Gasteiger partial charge in [-0.2, -0.15) is 0 Å². The number of aliphatic hydroxyl groups excluding tert-OH is 2. The van der Waals surface area contributed by atoms with Gasteiger partial charge in [0.05, 0.1) is 12.7 Å². The van der Waals surface area contributed by atoms with Crippen LogP contribution < -0.4 is 10.2 Å². The van der Waals surface area contributed by atoms with Crippen molar-refractivity contribution in [2.45, 2.75) is 13.0 Å². The summed E-state index contributed by atoms with van der Waals surface area (Å²) in [5, 5.41) is 27.2. The number of hydrogen-bond acceptors (Lipinski definition) is 5. The minimum atomic E-state index is -0.810. The molecule has 0 saturated heterocycles. The number of carbonyl (C=O) groups excluding carboxylic acids is 1. The predicted molar refractivity (Wildman–Crippen MR) is 72.2 cm³/mol. The average molecular weight is 281 g/mol. The number of amides is 1. The maximum Gasteiger partial charge on any atom is 0.267 e. The molecule has 6 heteroatoms. The first-order chi connectivity index (χ1) is 9.58. The maximum absolute atomic E-state index is 10.9. The van der Waals surface area contributed by atoms with Crippen LogP contribution in [0.25, 0.3) is 0 Å². The molecule has 110 valence electrons. The van der Waals surface area contributed by atoms with Gasteiger partial charge in [0, 0.05) is 12.0 Å². The molecular formula is C14H19NO5. The highest BCUT2D eigenvalue weighted by molar-refractivity contribution is 5.86. The summed E-state index contributed by atoms with van der Waals surface area (Å²) in [6.45, 7) is 1.85. The van der Waals surface area contributed by atoms with Crippen LogP contribution in [-0.4, -0.2) is 34.5 Å². The SMILES string of the molecule is C[C@@H](/C=C/C(=O)NO)[C@H](O)c1cccc(OCCO)c1. The Kier molecular flexibility index (Phi) is 6.72. The van der Waals surface area contributed by atoms with Gasteiger partial charge in [0.25, 0.3) is 5.91 Å². The van der Waals surface area contributed by atoms with Crippen LogP contribution in [0.15, 0.2) is 36.4 Å². The molecule has 1 amide bonds. The lowest BCUT2D eigenvalue weighted by atomic mass is 9.97. The van der Waals surface area contributed by atoms with Crippen LogP contribution in [0, 0.1) is 5.92 Å². The standard InChI is InChI=1S/C14H19NO5/c1-10(5-6-13(17)15-19)14(18)11-3-2-4-12(9-11)20-8-7-16/h2-6,9-10,14,16,18-19H,7-8H2,1H3,(H,15,17)/b6-5+/t10-,14-/m0/s1. The molecule has 0 aliphatic rings. The summed E-state index contributed by atoms with van der Waals surface area (Å²) in [6, 6.07) is 6.89. The van der Waals surface area contributed by atoms with Crippen molar-refractivity contribution < 1.29 is 25.0 Å². The van der Waals surface area contributed by atoms with Crippen molar-refractivity contribution >= 4 is 5.91 Å². The Hall–Kier alpha value is -1.89. The second-order valence-corrected chi connectivity index (χ2v) is 4.28. The minimum absolute atomic E-state index is 0.0812. The fourth-order valence-electron chi connectivity index (χ4n) is 1.64. The van der Waals surface area contributed by atoms with Crippen LogP contribution in [0.1, 0.15) is 18.6 Å². The van der Waals surface area contributed by atoms with Crippen LogP contribution >= 0.6 is 0 Å². The molecule has 2 atom stereocenters. The first kappa shape index (κ1) is 16.2. The highest BCUT2D eigenvalue weighted by atomic mass is 16.5. The smallest absolute Gasteiger partial charge is 0.267 e. The van der Waals surface area contributed by atoms with E-state index in [9.17, 15) is 9.90 Å². The number of nitrogens with one attached hydrogen (secondary N) is 1. The molecule has 0 aliphatic heterocycles. The Labute approximate surface area is 117 Å². The Bertz CT molecular complexity index is 461. The van der Waals surface area contributed by atoms with Gasteiger partial charge in [0.2, 0.25) is 0 Å². The van der Waals surface area contributed by atoms with Crippen LogP contribution in [0.5, 0.6) is 5.75 Å². The van der Waals surface area contributed by atoms with E-state index in [4.69, 9.17) is 15.1 Å².